The van der Waals surface area contributed by atoms with Crippen molar-refractivity contribution in [3.05, 3.63) is 138 Å². The molecule has 8 amide bonds. The van der Waals surface area contributed by atoms with E-state index in [1.54, 1.807) is 24.3 Å². The van der Waals surface area contributed by atoms with Crippen molar-refractivity contribution in [1.29, 1.82) is 0 Å². The maximum Gasteiger partial charge on any atom is 0.274 e. The fraction of sp³-hybridized carbons (Fsp3) is 0.667. The molecule has 8 heterocycles. The Bertz CT molecular complexity index is 4720. The number of likely N-dealkylation sites (N-methyl/N-ethyl adjacent to an activating group) is 8. The van der Waals surface area contributed by atoms with Crippen molar-refractivity contribution in [2.45, 2.75) is 266 Å². The van der Waals surface area contributed by atoms with Gasteiger partial charge < -0.3 is 118 Å². The minimum Gasteiger partial charge on any atom is -0.361 e. The summed E-state index contributed by atoms with van der Waals surface area (Å²) in [5.74, 6) is 4.65. The zero-order valence-electron chi connectivity index (χ0n) is 88.8. The molecule has 0 saturated heterocycles. The molecule has 8 rings (SSSR count). The van der Waals surface area contributed by atoms with Gasteiger partial charge in [0.15, 0.2) is 45.6 Å². The predicted octanol–water partition coefficient (Wildman–Crippen LogP) is 10.1. The van der Waals surface area contributed by atoms with E-state index < -0.39 is 0 Å². The standard InChI is InChI=1S/2C13H23N3O2.4C12H21N3O2.2C11H19N3O2/c1-6-11-10(4)12(15-18-11)13(17)14-9(3)8-16(5)7-2;1-6-11-10(4)12(15-18-11)13(17)14-8-9(3)16(5)7-2;1-6-10-9(3)11(14-17-10)12(16)13-8(2)7-15(4)5;1-6-10-9(3)11(14-17-10)12(16)13-7-8(2)15(4)5;1-5-10-7-11(14-17-10)12(16)13-9(3)8-15(4)6-2;1-5-10-7-11(14-17-10)12(16)13-8-9(3)15(4)6-2;1-5-9-6-10(13-16-9)11(15)12-8(2)7-14(3)4;1-5-9-6-10(13-16-9)11(15)12-7-8(2)14(3)4/h2*9H,6-8H2,1-5H3,(H,14,17);2*8H,6-7H2,1-5H3,(H,13,16);2*7,9H,5-6,8H2,1-4H3,(H,13,16);2*6,8H,5,7H2,1-4H3,(H,12,15). The SMILES string of the molecule is CCc1cc(C(=O)NC(C)CN(C)C)no1.CCc1cc(C(=O)NC(C)CN(C)CC)no1.CCc1cc(C(=O)NCC(C)N(C)C)no1.CCc1cc(C(=O)NCC(C)N(C)CC)no1.CCc1onc(C(=O)NC(C)CN(C)C)c1C.CCc1onc(C(=O)NC(C)CN(C)CC)c1C.CCc1onc(C(=O)NCC(C)N(C)C)c1C.CCc1onc(C(=O)NCC(C)N(C)CC)c1C. The van der Waals surface area contributed by atoms with Gasteiger partial charge in [0.2, 0.25) is 0 Å². The van der Waals surface area contributed by atoms with Crippen molar-refractivity contribution in [1.82, 2.24) is 123 Å². The van der Waals surface area contributed by atoms with Gasteiger partial charge in [0, 0.05) is 199 Å². The van der Waals surface area contributed by atoms with Gasteiger partial charge in [-0.15, -0.1) is 0 Å². The third kappa shape index (κ3) is 45.4. The van der Waals surface area contributed by atoms with Gasteiger partial charge in [0.1, 0.15) is 46.1 Å². The van der Waals surface area contributed by atoms with Gasteiger partial charge in [-0.2, -0.15) is 0 Å². The van der Waals surface area contributed by atoms with E-state index in [0.717, 1.165) is 172 Å². The fourth-order valence-corrected chi connectivity index (χ4v) is 12.3. The number of rotatable bonds is 44. The van der Waals surface area contributed by atoms with Crippen LogP contribution in [0, 0.1) is 27.7 Å². The number of hydrogen-bond acceptors (Lipinski definition) is 32. The van der Waals surface area contributed by atoms with Gasteiger partial charge in [-0.05, 0) is 194 Å². The number of amides is 8. The van der Waals surface area contributed by atoms with Crippen LogP contribution in [0.4, 0.5) is 0 Å². The summed E-state index contributed by atoms with van der Waals surface area (Å²) in [7, 11) is 23.9. The van der Waals surface area contributed by atoms with Crippen molar-refractivity contribution in [2.24, 2.45) is 0 Å². The van der Waals surface area contributed by atoms with Gasteiger partial charge in [0.25, 0.3) is 47.3 Å². The van der Waals surface area contributed by atoms with Crippen LogP contribution in [0.15, 0.2) is 60.5 Å². The zero-order valence-corrected chi connectivity index (χ0v) is 88.8. The van der Waals surface area contributed by atoms with Crippen LogP contribution in [0.2, 0.25) is 0 Å². The Labute approximate surface area is 808 Å². The summed E-state index contributed by atoms with van der Waals surface area (Å²) in [5.41, 5.74) is 6.35. The van der Waals surface area contributed by atoms with Crippen molar-refractivity contribution in [2.75, 3.05) is 163 Å². The highest BCUT2D eigenvalue weighted by molar-refractivity contribution is 5.96. The first-order valence-electron chi connectivity index (χ1n) is 47.5. The quantitative estimate of drug-likeness (QED) is 0.0176. The molecule has 0 fully saturated rings. The highest BCUT2D eigenvalue weighted by atomic mass is 16.5. The van der Waals surface area contributed by atoms with Crippen LogP contribution < -0.4 is 42.5 Å². The minimum atomic E-state index is -0.183. The van der Waals surface area contributed by atoms with Gasteiger partial charge in [0.05, 0.1) is 0 Å². The highest BCUT2D eigenvalue weighted by Gasteiger charge is 2.26. The molecule has 0 aliphatic rings. The van der Waals surface area contributed by atoms with E-state index in [4.69, 9.17) is 36.2 Å². The average molecular weight is 1910 g/mol. The molecule has 0 radical (unpaired) electrons. The molecular formula is C96H168N24O16. The molecule has 8 aromatic rings. The Balaban J connectivity index is 0.000000777. The minimum absolute atomic E-state index is 0.0821. The molecule has 0 aliphatic carbocycles. The largest absolute Gasteiger partial charge is 0.361 e. The van der Waals surface area contributed by atoms with Crippen LogP contribution in [0.25, 0.3) is 0 Å². The van der Waals surface area contributed by atoms with Crippen LogP contribution in [-0.2, 0) is 51.4 Å². The number of aromatic nitrogens is 8. The van der Waals surface area contributed by atoms with Gasteiger partial charge in [-0.25, -0.2) is 0 Å². The van der Waals surface area contributed by atoms with Crippen molar-refractivity contribution in [3.8, 4) is 0 Å². The molecule has 0 aromatic carbocycles. The van der Waals surface area contributed by atoms with E-state index in [1.165, 1.54) is 0 Å². The van der Waals surface area contributed by atoms with E-state index in [9.17, 15) is 38.4 Å². The van der Waals surface area contributed by atoms with Crippen LogP contribution in [0.3, 0.4) is 0 Å². The lowest BCUT2D eigenvalue weighted by molar-refractivity contribution is 0.0914. The fourth-order valence-electron chi connectivity index (χ4n) is 12.3. The summed E-state index contributed by atoms with van der Waals surface area (Å²) in [4.78, 5) is 111. The lowest BCUT2D eigenvalue weighted by Crippen LogP contribution is -2.40. The number of carbonyl (C=O) groups excluding carboxylic acids is 8. The zero-order chi connectivity index (χ0) is 103. The molecule has 0 saturated carbocycles. The molecule has 0 spiro atoms. The maximum atomic E-state index is 12.0. The molecule has 40 nitrogen and oxygen atoms in total. The van der Waals surface area contributed by atoms with Crippen molar-refractivity contribution < 1.29 is 74.5 Å². The monoisotopic (exact) mass is 1910 g/mol. The van der Waals surface area contributed by atoms with E-state index >= 15 is 0 Å². The Morgan fingerprint density at radius 2 is 0.493 bits per heavy atom. The number of aryl methyl sites for hydroxylation is 8. The Kier molecular flexibility index (Phi) is 59.6. The topological polar surface area (TPSA) is 467 Å². The van der Waals surface area contributed by atoms with Crippen LogP contribution in [0.5, 0.6) is 0 Å². The summed E-state index contributed by atoms with van der Waals surface area (Å²) in [5, 5.41) is 53.2. The molecule has 8 aromatic heterocycles. The van der Waals surface area contributed by atoms with E-state index in [2.05, 4.69) is 145 Å². The van der Waals surface area contributed by atoms with Gasteiger partial charge in [-0.1, -0.05) is 124 Å². The third-order valence-electron chi connectivity index (χ3n) is 22.3. The van der Waals surface area contributed by atoms with Crippen LogP contribution in [-0.4, -0.2) is 339 Å². The summed E-state index contributed by atoms with van der Waals surface area (Å²) in [6, 6.07) is 8.26. The second kappa shape index (κ2) is 65.8. The highest BCUT2D eigenvalue weighted by Crippen LogP contribution is 2.19. The Morgan fingerprint density at radius 1 is 0.272 bits per heavy atom. The second-order valence-electron chi connectivity index (χ2n) is 34.9. The van der Waals surface area contributed by atoms with Gasteiger partial charge >= 0.3 is 0 Å². The Hall–Kier alpha value is -10.9. The molecule has 40 heteroatoms. The number of nitrogens with one attached hydrogen (secondary N) is 8. The summed E-state index contributed by atoms with van der Waals surface area (Å²) in [6.45, 7) is 57.2. The molecule has 0 aliphatic heterocycles. The average Bonchev–Trinajstić information content (AvgIpc) is 1.66. The van der Waals surface area contributed by atoms with E-state index in [1.807, 2.05) is 229 Å². The number of nitrogens with zero attached hydrogens (tertiary/aromatic N) is 16. The lowest BCUT2D eigenvalue weighted by Gasteiger charge is -2.22. The van der Waals surface area contributed by atoms with Crippen molar-refractivity contribution in [3.63, 3.8) is 0 Å². The summed E-state index contributed by atoms with van der Waals surface area (Å²) >= 11 is 0. The third-order valence-corrected chi connectivity index (χ3v) is 22.3. The van der Waals surface area contributed by atoms with E-state index in [-0.39, 0.29) is 77.5 Å². The number of hydrogen-bond donors (Lipinski definition) is 8. The van der Waals surface area contributed by atoms with Crippen LogP contribution in [0.1, 0.15) is 291 Å². The summed E-state index contributed by atoms with van der Waals surface area (Å²) in [6.07, 6.45) is 5.98. The molecule has 136 heavy (non-hydrogen) atoms. The first-order valence-corrected chi connectivity index (χ1v) is 47.5. The molecule has 8 atom stereocenters. The Morgan fingerprint density at radius 3 is 0.699 bits per heavy atom. The first-order chi connectivity index (χ1) is 64.1. The molecule has 8 N–H and O–H groups in total. The van der Waals surface area contributed by atoms with Gasteiger partial charge in [-0.3, -0.25) is 38.4 Å². The molecular weight excluding hydrogens is 1750 g/mol. The smallest absolute Gasteiger partial charge is 0.274 e. The molecule has 768 valence electrons. The van der Waals surface area contributed by atoms with Crippen LogP contribution >= 0.6 is 0 Å². The molecule has 0 bridgehead atoms. The maximum absolute atomic E-state index is 12.0. The lowest BCUT2D eigenvalue weighted by atomic mass is 10.1. The second-order valence-corrected chi connectivity index (χ2v) is 34.9. The first kappa shape index (κ1) is 123. The van der Waals surface area contributed by atoms with Crippen molar-refractivity contribution >= 4 is 47.3 Å². The molecule has 8 unspecified atom stereocenters. The summed E-state index contributed by atoms with van der Waals surface area (Å²) < 4.78 is 40.4. The number of carbonyl (C=O) groups is 8. The predicted molar refractivity (Wildman–Crippen MR) is 528 cm³/mol. The van der Waals surface area contributed by atoms with E-state index in [0.29, 0.717) is 89.9 Å². The normalized spacial score (nSPS) is 12.8.